The van der Waals surface area contributed by atoms with Crippen LogP contribution in [0.2, 0.25) is 0 Å². The first-order valence-corrected chi connectivity index (χ1v) is 7.94. The lowest BCUT2D eigenvalue weighted by molar-refractivity contribution is -0.114. The molecule has 19 heavy (non-hydrogen) atoms. The van der Waals surface area contributed by atoms with Crippen molar-refractivity contribution in [2.45, 2.75) is 30.2 Å². The molecule has 0 spiro atoms. The summed E-state index contributed by atoms with van der Waals surface area (Å²) in [7, 11) is -3.74. The van der Waals surface area contributed by atoms with E-state index in [1.807, 2.05) is 0 Å². The van der Waals surface area contributed by atoms with Crippen LogP contribution in [0.4, 0.5) is 5.13 Å². The van der Waals surface area contributed by atoms with Crippen LogP contribution in [0.3, 0.4) is 0 Å². The zero-order valence-corrected chi connectivity index (χ0v) is 11.9. The number of carbonyl (C=O) groups excluding carboxylic acids is 1. The number of anilines is 1. The Bertz CT molecular complexity index is 571. The minimum Gasteiger partial charge on any atom is -0.392 e. The number of β-amino-alcohol motifs (C(OH)–C–C–N with tert-alkyl or cyclic N) is 1. The Morgan fingerprint density at radius 3 is 2.89 bits per heavy atom. The third kappa shape index (κ3) is 3.26. The molecule has 2 rings (SSSR count). The molecule has 0 aliphatic carbocycles. The Hall–Kier alpha value is -1.10. The standard InChI is InChI=1S/C9H14N4O4S2/c1-6(14)10-8-11-12-9(18-8)19(16,17)13-4-2-3-7(15)5-13/h7,15H,2-5H2,1H3,(H,10,11,14)/t7-/m0/s1. The fourth-order valence-corrected chi connectivity index (χ4v) is 4.37. The Labute approximate surface area is 114 Å². The molecule has 0 radical (unpaired) electrons. The molecular weight excluding hydrogens is 292 g/mol. The Kier molecular flexibility index (Phi) is 4.13. The van der Waals surface area contributed by atoms with E-state index < -0.39 is 16.1 Å². The first-order valence-electron chi connectivity index (χ1n) is 5.69. The van der Waals surface area contributed by atoms with Crippen molar-refractivity contribution in [2.24, 2.45) is 0 Å². The van der Waals surface area contributed by atoms with Crippen LogP contribution in [0, 0.1) is 0 Å². The molecule has 1 aliphatic heterocycles. The van der Waals surface area contributed by atoms with Gasteiger partial charge < -0.3 is 10.4 Å². The number of hydrogen-bond acceptors (Lipinski definition) is 7. The van der Waals surface area contributed by atoms with E-state index in [0.29, 0.717) is 19.4 Å². The average molecular weight is 306 g/mol. The molecule has 1 aromatic rings. The van der Waals surface area contributed by atoms with E-state index in [1.54, 1.807) is 0 Å². The largest absolute Gasteiger partial charge is 0.392 e. The van der Waals surface area contributed by atoms with E-state index in [1.165, 1.54) is 11.2 Å². The number of aliphatic hydroxyl groups excluding tert-OH is 1. The molecule has 1 fully saturated rings. The van der Waals surface area contributed by atoms with Crippen molar-refractivity contribution >= 4 is 32.4 Å². The predicted molar refractivity (Wildman–Crippen MR) is 68.2 cm³/mol. The Morgan fingerprint density at radius 2 is 2.26 bits per heavy atom. The van der Waals surface area contributed by atoms with Crippen LogP contribution >= 0.6 is 11.3 Å². The molecule has 1 aromatic heterocycles. The number of aliphatic hydroxyl groups is 1. The van der Waals surface area contributed by atoms with Crippen molar-refractivity contribution < 1.29 is 18.3 Å². The van der Waals surface area contributed by atoms with Gasteiger partial charge in [0.15, 0.2) is 0 Å². The number of sulfonamides is 1. The summed E-state index contributed by atoms with van der Waals surface area (Å²) in [5.41, 5.74) is 0. The maximum Gasteiger partial charge on any atom is 0.272 e. The number of piperidine rings is 1. The van der Waals surface area contributed by atoms with Gasteiger partial charge in [0.25, 0.3) is 10.0 Å². The minimum absolute atomic E-state index is 0.0668. The van der Waals surface area contributed by atoms with Gasteiger partial charge in [-0.05, 0) is 12.8 Å². The van der Waals surface area contributed by atoms with Crippen LogP contribution in [-0.2, 0) is 14.8 Å². The van der Waals surface area contributed by atoms with Gasteiger partial charge in [-0.3, -0.25) is 4.79 Å². The fraction of sp³-hybridized carbons (Fsp3) is 0.667. The van der Waals surface area contributed by atoms with E-state index >= 15 is 0 Å². The number of amides is 1. The summed E-state index contributed by atoms with van der Waals surface area (Å²) in [4.78, 5) is 10.9. The van der Waals surface area contributed by atoms with E-state index in [9.17, 15) is 18.3 Å². The third-order valence-electron chi connectivity index (χ3n) is 2.61. The quantitative estimate of drug-likeness (QED) is 0.738. The van der Waals surface area contributed by atoms with Gasteiger partial charge in [-0.1, -0.05) is 11.3 Å². The summed E-state index contributed by atoms with van der Waals surface area (Å²) in [6.07, 6.45) is 0.558. The molecule has 106 valence electrons. The molecule has 1 atom stereocenters. The molecule has 0 unspecified atom stereocenters. The van der Waals surface area contributed by atoms with Gasteiger partial charge >= 0.3 is 0 Å². The highest BCUT2D eigenvalue weighted by molar-refractivity contribution is 7.91. The second kappa shape index (κ2) is 5.49. The summed E-state index contributed by atoms with van der Waals surface area (Å²) >= 11 is 0.798. The maximum atomic E-state index is 12.2. The number of nitrogens with one attached hydrogen (secondary N) is 1. The highest BCUT2D eigenvalue weighted by Gasteiger charge is 2.32. The first-order chi connectivity index (χ1) is 8.89. The van der Waals surface area contributed by atoms with Crippen LogP contribution in [0.1, 0.15) is 19.8 Å². The smallest absolute Gasteiger partial charge is 0.272 e. The molecule has 0 bridgehead atoms. The molecule has 0 saturated carbocycles. The molecule has 2 N–H and O–H groups in total. The molecular formula is C9H14N4O4S2. The lowest BCUT2D eigenvalue weighted by Gasteiger charge is -2.27. The van der Waals surface area contributed by atoms with Crippen molar-refractivity contribution in [1.82, 2.24) is 14.5 Å². The van der Waals surface area contributed by atoms with Gasteiger partial charge in [0.2, 0.25) is 15.4 Å². The normalized spacial score (nSPS) is 21.3. The molecule has 10 heteroatoms. The zero-order chi connectivity index (χ0) is 14.0. The van der Waals surface area contributed by atoms with Crippen molar-refractivity contribution in [3.63, 3.8) is 0 Å². The third-order valence-corrected chi connectivity index (χ3v) is 5.66. The zero-order valence-electron chi connectivity index (χ0n) is 10.2. The van der Waals surface area contributed by atoms with Gasteiger partial charge in [-0.2, -0.15) is 4.31 Å². The number of aromatic nitrogens is 2. The summed E-state index contributed by atoms with van der Waals surface area (Å²) in [5, 5.41) is 19.2. The topological polar surface area (TPSA) is 112 Å². The molecule has 1 aliphatic rings. The van der Waals surface area contributed by atoms with Crippen LogP contribution in [-0.4, -0.2) is 53.1 Å². The van der Waals surface area contributed by atoms with Crippen LogP contribution in [0.25, 0.3) is 0 Å². The highest BCUT2D eigenvalue weighted by atomic mass is 32.2. The number of hydrogen-bond donors (Lipinski definition) is 2. The SMILES string of the molecule is CC(=O)Nc1nnc(S(=O)(=O)N2CCC[C@H](O)C2)s1. The first kappa shape index (κ1) is 14.3. The Balaban J connectivity index is 2.19. The minimum atomic E-state index is -3.74. The van der Waals surface area contributed by atoms with Crippen LogP contribution in [0.5, 0.6) is 0 Å². The van der Waals surface area contributed by atoms with Gasteiger partial charge in [0, 0.05) is 20.0 Å². The fourth-order valence-electron chi connectivity index (χ4n) is 1.76. The average Bonchev–Trinajstić information content (AvgIpc) is 2.77. The number of carbonyl (C=O) groups is 1. The molecule has 1 saturated heterocycles. The molecule has 2 heterocycles. The monoisotopic (exact) mass is 306 g/mol. The van der Waals surface area contributed by atoms with E-state index in [4.69, 9.17) is 0 Å². The van der Waals surface area contributed by atoms with Gasteiger partial charge in [0.1, 0.15) is 0 Å². The van der Waals surface area contributed by atoms with Crippen LogP contribution < -0.4 is 5.32 Å². The summed E-state index contributed by atoms with van der Waals surface area (Å²) < 4.78 is 25.5. The van der Waals surface area contributed by atoms with Crippen molar-refractivity contribution in [1.29, 1.82) is 0 Å². The number of rotatable bonds is 3. The van der Waals surface area contributed by atoms with E-state index in [2.05, 4.69) is 15.5 Å². The van der Waals surface area contributed by atoms with Crippen molar-refractivity contribution in [3.8, 4) is 0 Å². The molecule has 0 aromatic carbocycles. The summed E-state index contributed by atoms with van der Waals surface area (Å²) in [6, 6.07) is 0. The van der Waals surface area contributed by atoms with Gasteiger partial charge in [-0.25, -0.2) is 8.42 Å². The maximum absolute atomic E-state index is 12.2. The summed E-state index contributed by atoms with van der Waals surface area (Å²) in [5.74, 6) is -0.339. The second-order valence-electron chi connectivity index (χ2n) is 4.21. The lowest BCUT2D eigenvalue weighted by atomic mass is 10.1. The van der Waals surface area contributed by atoms with Gasteiger partial charge in [-0.15, -0.1) is 10.2 Å². The van der Waals surface area contributed by atoms with E-state index in [0.717, 1.165) is 11.3 Å². The van der Waals surface area contributed by atoms with Crippen molar-refractivity contribution in [2.75, 3.05) is 18.4 Å². The van der Waals surface area contributed by atoms with Crippen LogP contribution in [0.15, 0.2) is 4.34 Å². The Morgan fingerprint density at radius 1 is 1.53 bits per heavy atom. The number of nitrogens with zero attached hydrogens (tertiary/aromatic N) is 3. The second-order valence-corrected chi connectivity index (χ2v) is 7.30. The molecule has 1 amide bonds. The van der Waals surface area contributed by atoms with Crippen molar-refractivity contribution in [3.05, 3.63) is 0 Å². The highest BCUT2D eigenvalue weighted by Crippen LogP contribution is 2.25. The predicted octanol–water partition coefficient (Wildman–Crippen LogP) is -0.358. The molecule has 8 nitrogen and oxygen atoms in total. The summed E-state index contributed by atoms with van der Waals surface area (Å²) in [6.45, 7) is 1.72. The lowest BCUT2D eigenvalue weighted by Crippen LogP contribution is -2.42. The van der Waals surface area contributed by atoms with Gasteiger partial charge in [0.05, 0.1) is 6.10 Å². The van der Waals surface area contributed by atoms with E-state index in [-0.39, 0.29) is 21.9 Å².